The molecule has 116 valence electrons. The highest BCUT2D eigenvalue weighted by atomic mass is 16.1. The van der Waals surface area contributed by atoms with Crippen LogP contribution in [0.4, 0.5) is 0 Å². The van der Waals surface area contributed by atoms with Crippen LogP contribution in [0.1, 0.15) is 49.8 Å². The predicted molar refractivity (Wildman–Crippen MR) is 88.5 cm³/mol. The molecule has 0 radical (unpaired) electrons. The summed E-state index contributed by atoms with van der Waals surface area (Å²) in [5, 5.41) is 0. The number of quaternary nitrogens is 1. The van der Waals surface area contributed by atoms with Crippen LogP contribution in [-0.2, 0) is 11.2 Å². The molecule has 2 rings (SSSR count). The molecule has 21 heavy (non-hydrogen) atoms. The summed E-state index contributed by atoms with van der Waals surface area (Å²) in [6.07, 6.45) is 4.47. The fourth-order valence-corrected chi connectivity index (χ4v) is 3.87. The highest BCUT2D eigenvalue weighted by molar-refractivity contribution is 5.85. The molecule has 0 N–H and O–H groups in total. The third-order valence-electron chi connectivity index (χ3n) is 5.62. The van der Waals surface area contributed by atoms with E-state index in [1.54, 1.807) is 0 Å². The van der Waals surface area contributed by atoms with Crippen LogP contribution in [0.25, 0.3) is 0 Å². The molecule has 1 fully saturated rings. The first-order valence-corrected chi connectivity index (χ1v) is 8.44. The summed E-state index contributed by atoms with van der Waals surface area (Å²) < 4.78 is 1.00. The number of likely N-dealkylation sites (tertiary alicyclic amines) is 1. The lowest BCUT2D eigenvalue weighted by Crippen LogP contribution is -2.59. The fraction of sp³-hybridized carbons (Fsp3) is 0.632. The van der Waals surface area contributed by atoms with Gasteiger partial charge in [-0.25, -0.2) is 0 Å². The number of likely N-dealkylation sites (N-methyl/N-ethyl adjacent to an activating group) is 1. The Labute approximate surface area is 129 Å². The number of ketones is 1. The molecule has 0 amide bonds. The second-order valence-electron chi connectivity index (χ2n) is 6.73. The lowest BCUT2D eigenvalue weighted by atomic mass is 9.93. The van der Waals surface area contributed by atoms with Gasteiger partial charge in [0.1, 0.15) is 6.04 Å². The summed E-state index contributed by atoms with van der Waals surface area (Å²) in [5.74, 6) is 0.413. The van der Waals surface area contributed by atoms with Crippen molar-refractivity contribution in [2.75, 3.05) is 19.6 Å². The predicted octanol–water partition coefficient (Wildman–Crippen LogP) is 3.82. The van der Waals surface area contributed by atoms with Crippen LogP contribution in [0.15, 0.2) is 18.2 Å². The first-order valence-electron chi connectivity index (χ1n) is 8.44. The van der Waals surface area contributed by atoms with Crippen LogP contribution >= 0.6 is 0 Å². The average Bonchev–Trinajstić information content (AvgIpc) is 2.50. The maximum absolute atomic E-state index is 12.9. The number of carbonyl (C=O) groups is 1. The number of aryl methyl sites for hydroxylation is 2. The molecular formula is C19H30NO+. The van der Waals surface area contributed by atoms with Gasteiger partial charge in [-0.1, -0.05) is 18.2 Å². The number of Topliss-reactive ketones (excluding diaryl/α,β-unsaturated/α-hetero) is 1. The summed E-state index contributed by atoms with van der Waals surface area (Å²) in [4.78, 5) is 12.9. The summed E-state index contributed by atoms with van der Waals surface area (Å²) in [7, 11) is 0. The maximum Gasteiger partial charge on any atom is 0.194 e. The van der Waals surface area contributed by atoms with E-state index in [9.17, 15) is 4.79 Å². The molecule has 1 heterocycles. The highest BCUT2D eigenvalue weighted by Crippen LogP contribution is 2.25. The van der Waals surface area contributed by atoms with Gasteiger partial charge in [-0.2, -0.15) is 0 Å². The van der Waals surface area contributed by atoms with Crippen LogP contribution in [0.2, 0.25) is 0 Å². The second kappa shape index (κ2) is 6.74. The van der Waals surface area contributed by atoms with Crippen LogP contribution in [0.5, 0.6) is 0 Å². The third-order valence-corrected chi connectivity index (χ3v) is 5.62. The van der Waals surface area contributed by atoms with Crippen molar-refractivity contribution < 1.29 is 9.28 Å². The average molecular weight is 288 g/mol. The number of nitrogens with zero attached hydrogens (tertiary/aromatic N) is 1. The molecule has 1 atom stereocenters. The minimum atomic E-state index is 0.134. The zero-order valence-corrected chi connectivity index (χ0v) is 14.1. The Morgan fingerprint density at radius 1 is 1.14 bits per heavy atom. The van der Waals surface area contributed by atoms with Crippen LogP contribution in [-0.4, -0.2) is 35.9 Å². The van der Waals surface area contributed by atoms with Gasteiger partial charge in [0.15, 0.2) is 5.78 Å². The molecule has 2 nitrogen and oxygen atoms in total. The molecule has 0 bridgehead atoms. The van der Waals surface area contributed by atoms with E-state index in [2.05, 4.69) is 45.9 Å². The monoisotopic (exact) mass is 288 g/mol. The molecule has 0 spiro atoms. The van der Waals surface area contributed by atoms with E-state index >= 15 is 0 Å². The molecule has 1 aromatic rings. The van der Waals surface area contributed by atoms with Crippen LogP contribution in [0, 0.1) is 13.8 Å². The van der Waals surface area contributed by atoms with E-state index in [1.165, 1.54) is 49.0 Å². The molecule has 1 aliphatic heterocycles. The maximum atomic E-state index is 12.9. The van der Waals surface area contributed by atoms with Gasteiger partial charge in [-0.05, 0) is 63.6 Å². The number of hydrogen-bond acceptors (Lipinski definition) is 1. The third kappa shape index (κ3) is 3.37. The molecule has 2 heteroatoms. The molecule has 0 saturated carbocycles. The number of rotatable bonds is 5. The minimum Gasteiger partial charge on any atom is -0.315 e. The smallest absolute Gasteiger partial charge is 0.194 e. The lowest BCUT2D eigenvalue weighted by Gasteiger charge is -2.44. The van der Waals surface area contributed by atoms with Crippen LogP contribution in [0.3, 0.4) is 0 Å². The normalized spacial score (nSPS) is 19.2. The van der Waals surface area contributed by atoms with Gasteiger partial charge in [0.2, 0.25) is 0 Å². The van der Waals surface area contributed by atoms with E-state index < -0.39 is 0 Å². The number of benzene rings is 1. The fourth-order valence-electron chi connectivity index (χ4n) is 3.87. The Balaban J connectivity index is 2.15. The van der Waals surface area contributed by atoms with E-state index in [0.717, 1.165) is 11.0 Å². The molecule has 1 aromatic carbocycles. The van der Waals surface area contributed by atoms with Crippen molar-refractivity contribution in [1.82, 2.24) is 0 Å². The largest absolute Gasteiger partial charge is 0.315 e. The van der Waals surface area contributed by atoms with E-state index in [1.807, 2.05) is 0 Å². The van der Waals surface area contributed by atoms with Gasteiger partial charge in [-0.3, -0.25) is 4.79 Å². The highest BCUT2D eigenvalue weighted by Gasteiger charge is 2.38. The number of carbonyl (C=O) groups excluding carboxylic acids is 1. The van der Waals surface area contributed by atoms with E-state index in [4.69, 9.17) is 0 Å². The summed E-state index contributed by atoms with van der Waals surface area (Å²) >= 11 is 0. The Morgan fingerprint density at radius 3 is 2.24 bits per heavy atom. The van der Waals surface area contributed by atoms with Crippen LogP contribution < -0.4 is 0 Å². The zero-order valence-electron chi connectivity index (χ0n) is 14.1. The Kier molecular flexibility index (Phi) is 5.21. The first kappa shape index (κ1) is 16.2. The SMILES string of the molecule is CC[N+]1(C(C)C(=O)Cc2c(C)cccc2C)CCCCC1. The van der Waals surface area contributed by atoms with Crippen molar-refractivity contribution in [1.29, 1.82) is 0 Å². The van der Waals surface area contributed by atoms with Gasteiger partial charge in [0.05, 0.1) is 19.6 Å². The van der Waals surface area contributed by atoms with Crippen molar-refractivity contribution in [3.8, 4) is 0 Å². The number of piperidine rings is 1. The lowest BCUT2D eigenvalue weighted by molar-refractivity contribution is -0.943. The molecule has 0 aliphatic carbocycles. The summed E-state index contributed by atoms with van der Waals surface area (Å²) in [6.45, 7) is 12.1. The van der Waals surface area contributed by atoms with E-state index in [-0.39, 0.29) is 6.04 Å². The zero-order chi connectivity index (χ0) is 15.5. The topological polar surface area (TPSA) is 17.1 Å². The van der Waals surface area contributed by atoms with Gasteiger partial charge in [-0.15, -0.1) is 0 Å². The van der Waals surface area contributed by atoms with Crippen molar-refractivity contribution in [3.05, 3.63) is 34.9 Å². The summed E-state index contributed by atoms with van der Waals surface area (Å²) in [6, 6.07) is 6.44. The number of hydrogen-bond donors (Lipinski definition) is 0. The molecular weight excluding hydrogens is 258 g/mol. The van der Waals surface area contributed by atoms with Gasteiger partial charge < -0.3 is 4.48 Å². The first-order chi connectivity index (χ1) is 10.00. The summed E-state index contributed by atoms with van der Waals surface area (Å²) in [5.41, 5.74) is 3.73. The van der Waals surface area contributed by atoms with Crippen molar-refractivity contribution >= 4 is 5.78 Å². The van der Waals surface area contributed by atoms with Crippen molar-refractivity contribution in [3.63, 3.8) is 0 Å². The second-order valence-corrected chi connectivity index (χ2v) is 6.73. The van der Waals surface area contributed by atoms with Gasteiger partial charge >= 0.3 is 0 Å². The molecule has 1 unspecified atom stereocenters. The van der Waals surface area contributed by atoms with Gasteiger partial charge in [0.25, 0.3) is 0 Å². The standard InChI is InChI=1S/C19H30NO/c1-5-20(12-7-6-8-13-20)17(4)19(21)14-18-15(2)10-9-11-16(18)3/h9-11,17H,5-8,12-14H2,1-4H3/q+1. The Hall–Kier alpha value is -1.15. The molecule has 1 aliphatic rings. The Morgan fingerprint density at radius 2 is 1.71 bits per heavy atom. The minimum absolute atomic E-state index is 0.134. The molecule has 0 aromatic heterocycles. The van der Waals surface area contributed by atoms with E-state index in [0.29, 0.717) is 12.2 Å². The Bertz CT molecular complexity index is 480. The molecule has 1 saturated heterocycles. The van der Waals surface area contributed by atoms with Crippen molar-refractivity contribution in [2.24, 2.45) is 0 Å². The van der Waals surface area contributed by atoms with Crippen molar-refractivity contribution in [2.45, 2.75) is 59.4 Å². The quantitative estimate of drug-likeness (QED) is 0.753. The van der Waals surface area contributed by atoms with Gasteiger partial charge in [0, 0.05) is 6.42 Å².